The molecule has 0 saturated carbocycles. The molecule has 1 aliphatic rings. The molecule has 0 aromatic heterocycles. The predicted octanol–water partition coefficient (Wildman–Crippen LogP) is 1.27. The van der Waals surface area contributed by atoms with Gasteiger partial charge in [0.15, 0.2) is 6.19 Å². The summed E-state index contributed by atoms with van der Waals surface area (Å²) in [7, 11) is 1.40. The lowest BCUT2D eigenvalue weighted by Gasteiger charge is -2.29. The number of morpholine rings is 1. The van der Waals surface area contributed by atoms with E-state index in [0.717, 1.165) is 16.2 Å². The summed E-state index contributed by atoms with van der Waals surface area (Å²) in [5.74, 6) is 0.717. The lowest BCUT2D eigenvalue weighted by molar-refractivity contribution is -0.128. The molecule has 1 aromatic carbocycles. The normalized spacial score (nSPS) is 15.1. The zero-order valence-corrected chi connectivity index (χ0v) is 15.0. The fourth-order valence-electron chi connectivity index (χ4n) is 2.33. The number of ether oxygens (including phenoxy) is 1. The molecule has 1 N–H and O–H groups in total. The highest BCUT2D eigenvalue weighted by molar-refractivity contribution is 7.98. The third-order valence-corrected chi connectivity index (χ3v) is 4.88. The molecule has 8 heteroatoms. The molecule has 25 heavy (non-hydrogen) atoms. The number of urea groups is 1. The van der Waals surface area contributed by atoms with Crippen LogP contribution in [-0.2, 0) is 15.3 Å². The molecule has 0 radical (unpaired) electrons. The number of amides is 3. The summed E-state index contributed by atoms with van der Waals surface area (Å²) in [4.78, 5) is 27.3. The Labute approximate surface area is 151 Å². The molecule has 7 nitrogen and oxygen atoms in total. The summed E-state index contributed by atoms with van der Waals surface area (Å²) in [6.45, 7) is 1.98. The van der Waals surface area contributed by atoms with Gasteiger partial charge in [0.25, 0.3) is 5.91 Å². The van der Waals surface area contributed by atoms with Gasteiger partial charge >= 0.3 is 6.03 Å². The summed E-state index contributed by atoms with van der Waals surface area (Å²) in [5, 5.41) is 11.7. The van der Waals surface area contributed by atoms with E-state index in [2.05, 4.69) is 5.32 Å². The van der Waals surface area contributed by atoms with Crippen LogP contribution >= 0.6 is 11.8 Å². The Morgan fingerprint density at radius 1 is 1.36 bits per heavy atom. The Morgan fingerprint density at radius 3 is 2.68 bits per heavy atom. The Balaban J connectivity index is 1.93. The highest BCUT2D eigenvalue weighted by Gasteiger charge is 2.27. The second-order valence-electron chi connectivity index (χ2n) is 5.60. The quantitative estimate of drug-likeness (QED) is 0.608. The van der Waals surface area contributed by atoms with Gasteiger partial charge in [-0.1, -0.05) is 30.3 Å². The molecule has 1 heterocycles. The summed E-state index contributed by atoms with van der Waals surface area (Å²) < 4.78 is 5.23. The van der Waals surface area contributed by atoms with Crippen molar-refractivity contribution in [3.63, 3.8) is 0 Å². The van der Waals surface area contributed by atoms with Crippen molar-refractivity contribution < 1.29 is 14.3 Å². The van der Waals surface area contributed by atoms with Crippen LogP contribution in [0.15, 0.2) is 30.3 Å². The average Bonchev–Trinajstić information content (AvgIpc) is 2.67. The van der Waals surface area contributed by atoms with Crippen molar-refractivity contribution in [1.29, 1.82) is 5.26 Å². The number of thioether (sulfide) groups is 1. The minimum absolute atomic E-state index is 0.298. The average molecular weight is 362 g/mol. The molecule has 0 spiro atoms. The second kappa shape index (κ2) is 9.91. The van der Waals surface area contributed by atoms with Crippen LogP contribution in [0.1, 0.15) is 5.56 Å². The molecule has 0 bridgehead atoms. The van der Waals surface area contributed by atoms with E-state index in [0.29, 0.717) is 32.1 Å². The Morgan fingerprint density at radius 2 is 2.04 bits per heavy atom. The number of nitrogens with one attached hydrogen (secondary N) is 1. The van der Waals surface area contributed by atoms with Gasteiger partial charge in [-0.3, -0.25) is 9.69 Å². The van der Waals surface area contributed by atoms with Crippen LogP contribution in [0.3, 0.4) is 0 Å². The summed E-state index contributed by atoms with van der Waals surface area (Å²) in [5.41, 5.74) is 1.15. The first-order valence-electron chi connectivity index (χ1n) is 8.04. The lowest BCUT2D eigenvalue weighted by Crippen LogP contribution is -2.54. The van der Waals surface area contributed by atoms with E-state index >= 15 is 0 Å². The monoisotopic (exact) mass is 362 g/mol. The first-order chi connectivity index (χ1) is 12.1. The Kier molecular flexibility index (Phi) is 7.57. The van der Waals surface area contributed by atoms with Gasteiger partial charge in [-0.05, 0) is 5.56 Å². The van der Waals surface area contributed by atoms with Crippen molar-refractivity contribution in [1.82, 2.24) is 15.1 Å². The molecule has 1 fully saturated rings. The third kappa shape index (κ3) is 5.96. The van der Waals surface area contributed by atoms with Crippen LogP contribution in [0.5, 0.6) is 0 Å². The molecular weight excluding hydrogens is 340 g/mol. The highest BCUT2D eigenvalue weighted by Crippen LogP contribution is 2.14. The number of carbonyl (C=O) groups is 2. The van der Waals surface area contributed by atoms with Crippen LogP contribution in [-0.4, -0.2) is 66.9 Å². The van der Waals surface area contributed by atoms with Crippen LogP contribution in [0.4, 0.5) is 4.79 Å². The van der Waals surface area contributed by atoms with E-state index in [1.165, 1.54) is 7.05 Å². The largest absolute Gasteiger partial charge is 0.378 e. The van der Waals surface area contributed by atoms with Gasteiger partial charge in [0.05, 0.1) is 13.2 Å². The Bertz CT molecular complexity index is 614. The molecule has 1 aliphatic heterocycles. The van der Waals surface area contributed by atoms with Gasteiger partial charge in [-0.25, -0.2) is 4.79 Å². The number of nitrogens with zero attached hydrogens (tertiary/aromatic N) is 3. The molecular formula is C17H22N4O3S. The summed E-state index contributed by atoms with van der Waals surface area (Å²) in [6, 6.07) is 8.85. The van der Waals surface area contributed by atoms with E-state index in [1.54, 1.807) is 22.9 Å². The number of likely N-dealkylation sites (N-methyl/N-ethyl adjacent to an activating group) is 1. The van der Waals surface area contributed by atoms with E-state index in [1.807, 2.05) is 30.3 Å². The first kappa shape index (κ1) is 19.1. The summed E-state index contributed by atoms with van der Waals surface area (Å²) in [6.07, 6.45) is 1.80. The molecule has 3 amide bonds. The van der Waals surface area contributed by atoms with Gasteiger partial charge in [0, 0.05) is 31.6 Å². The maximum absolute atomic E-state index is 12.4. The summed E-state index contributed by atoms with van der Waals surface area (Å²) >= 11 is 1.54. The van der Waals surface area contributed by atoms with Crippen molar-refractivity contribution in [2.45, 2.75) is 11.8 Å². The van der Waals surface area contributed by atoms with Crippen LogP contribution in [0.25, 0.3) is 0 Å². The van der Waals surface area contributed by atoms with Gasteiger partial charge in [0.1, 0.15) is 6.04 Å². The fourth-order valence-corrected chi connectivity index (χ4v) is 3.34. The van der Waals surface area contributed by atoms with Crippen molar-refractivity contribution in [2.75, 3.05) is 39.1 Å². The SMILES string of the molecule is CN(C#N)C(=O)[C@H](CSCc1ccccc1)NC(=O)N1CCOCC1. The van der Waals surface area contributed by atoms with Crippen LogP contribution in [0, 0.1) is 11.5 Å². The minimum Gasteiger partial charge on any atom is -0.378 e. The third-order valence-electron chi connectivity index (χ3n) is 3.77. The van der Waals surface area contributed by atoms with Crippen molar-refractivity contribution in [2.24, 2.45) is 0 Å². The molecule has 1 saturated heterocycles. The predicted molar refractivity (Wildman–Crippen MR) is 95.7 cm³/mol. The second-order valence-corrected chi connectivity index (χ2v) is 6.63. The smallest absolute Gasteiger partial charge is 0.318 e. The zero-order chi connectivity index (χ0) is 18.1. The molecule has 0 aliphatic carbocycles. The number of benzene rings is 1. The lowest BCUT2D eigenvalue weighted by atomic mass is 10.2. The van der Waals surface area contributed by atoms with Gasteiger partial charge in [-0.2, -0.15) is 17.0 Å². The van der Waals surface area contributed by atoms with E-state index in [4.69, 9.17) is 10.00 Å². The van der Waals surface area contributed by atoms with Crippen molar-refractivity contribution >= 4 is 23.7 Å². The number of hydrogen-bond acceptors (Lipinski definition) is 5. The Hall–Kier alpha value is -2.24. The standard InChI is InChI=1S/C17H22N4O3S/c1-20(13-18)16(22)15(12-25-11-14-5-3-2-4-6-14)19-17(23)21-7-9-24-10-8-21/h2-6,15H,7-12H2,1H3,(H,19,23)/t15-/m0/s1. The van der Waals surface area contributed by atoms with Crippen LogP contribution in [0.2, 0.25) is 0 Å². The first-order valence-corrected chi connectivity index (χ1v) is 9.19. The number of rotatable bonds is 6. The van der Waals surface area contributed by atoms with Gasteiger partial charge < -0.3 is 15.0 Å². The van der Waals surface area contributed by atoms with Gasteiger partial charge in [0.2, 0.25) is 0 Å². The molecule has 0 unspecified atom stereocenters. The number of hydrogen-bond donors (Lipinski definition) is 1. The fraction of sp³-hybridized carbons (Fsp3) is 0.471. The van der Waals surface area contributed by atoms with Crippen LogP contribution < -0.4 is 5.32 Å². The zero-order valence-electron chi connectivity index (χ0n) is 14.2. The highest BCUT2D eigenvalue weighted by atomic mass is 32.2. The molecule has 134 valence electrons. The number of carbonyl (C=O) groups excluding carboxylic acids is 2. The number of nitriles is 1. The maximum Gasteiger partial charge on any atom is 0.318 e. The van der Waals surface area contributed by atoms with E-state index in [9.17, 15) is 9.59 Å². The molecule has 1 atom stereocenters. The van der Waals surface area contributed by atoms with E-state index in [-0.39, 0.29) is 6.03 Å². The maximum atomic E-state index is 12.4. The van der Waals surface area contributed by atoms with Gasteiger partial charge in [-0.15, -0.1) is 0 Å². The molecule has 1 aromatic rings. The minimum atomic E-state index is -0.742. The van der Waals surface area contributed by atoms with E-state index < -0.39 is 11.9 Å². The molecule has 2 rings (SSSR count). The van der Waals surface area contributed by atoms with Crippen molar-refractivity contribution in [3.8, 4) is 6.19 Å². The topological polar surface area (TPSA) is 85.7 Å². The van der Waals surface area contributed by atoms with Crippen molar-refractivity contribution in [3.05, 3.63) is 35.9 Å².